The van der Waals surface area contributed by atoms with Crippen molar-refractivity contribution in [3.05, 3.63) is 54.6 Å². The lowest BCUT2D eigenvalue weighted by Gasteiger charge is -2.59. The molecule has 43 heavy (non-hydrogen) atoms. The molecule has 3 aromatic rings. The molecule has 0 unspecified atom stereocenters. The van der Waals surface area contributed by atoms with Gasteiger partial charge in [0, 0.05) is 67.2 Å². The highest BCUT2D eigenvalue weighted by Gasteiger charge is 2.55. The number of benzene rings is 2. The molecule has 0 atom stereocenters. The van der Waals surface area contributed by atoms with Crippen LogP contribution >= 0.6 is 0 Å². The highest BCUT2D eigenvalue weighted by Crippen LogP contribution is 2.41. The predicted molar refractivity (Wildman–Crippen MR) is 162 cm³/mol. The molecule has 2 aromatic carbocycles. The molecule has 3 aliphatic rings. The number of nitrogens with one attached hydrogen (secondary N) is 1. The molecule has 3 heterocycles. The number of amides is 1. The number of aromatic nitrogens is 1. The molecule has 6 rings (SSSR count). The molecular formula is C32H40N4O6S. The van der Waals surface area contributed by atoms with E-state index in [2.05, 4.69) is 10.8 Å². The standard InChI is InChI=1S/C32H40N4O6S/c1-31(2,3)41-30(38)42-36-20-32(21-36)18-35(19-32)29(37)23-10-13-25(14-11-23)33-43(39,40)26-15-12-24-16-27(34(4)28(24)17-26)22-8-6-5-7-9-22/h5-9,12,15-17,23,25,33H,10-11,13-14,18-21H2,1-4H3. The summed E-state index contributed by atoms with van der Waals surface area (Å²) in [7, 11) is -1.76. The van der Waals surface area contributed by atoms with E-state index >= 15 is 0 Å². The number of rotatable bonds is 6. The number of likely N-dealkylation sites (tertiary alicyclic amines) is 1. The molecule has 0 bridgehead atoms. The lowest BCUT2D eigenvalue weighted by Crippen LogP contribution is -2.73. The Hall–Kier alpha value is -3.41. The molecule has 2 aliphatic heterocycles. The van der Waals surface area contributed by atoms with Gasteiger partial charge in [-0.05, 0) is 70.2 Å². The number of hydrogen-bond donors (Lipinski definition) is 1. The predicted octanol–water partition coefficient (Wildman–Crippen LogP) is 4.69. The molecule has 1 aromatic heterocycles. The number of aryl methyl sites for hydroxylation is 1. The van der Waals surface area contributed by atoms with E-state index in [-0.39, 0.29) is 28.2 Å². The van der Waals surface area contributed by atoms with Crippen molar-refractivity contribution in [2.24, 2.45) is 18.4 Å². The van der Waals surface area contributed by atoms with E-state index in [0.29, 0.717) is 51.9 Å². The summed E-state index contributed by atoms with van der Waals surface area (Å²) >= 11 is 0. The van der Waals surface area contributed by atoms with Crippen LogP contribution in [0.5, 0.6) is 0 Å². The number of sulfonamides is 1. The van der Waals surface area contributed by atoms with Crippen molar-refractivity contribution in [2.45, 2.75) is 63.0 Å². The maximum absolute atomic E-state index is 13.3. The minimum Gasteiger partial charge on any atom is -0.427 e. The second kappa shape index (κ2) is 10.9. The average molecular weight is 609 g/mol. The minimum atomic E-state index is -3.71. The van der Waals surface area contributed by atoms with Gasteiger partial charge in [0.05, 0.1) is 4.90 Å². The summed E-state index contributed by atoms with van der Waals surface area (Å²) in [6.45, 7) is 7.85. The van der Waals surface area contributed by atoms with E-state index in [9.17, 15) is 18.0 Å². The van der Waals surface area contributed by atoms with Gasteiger partial charge in [-0.15, -0.1) is 5.06 Å². The van der Waals surface area contributed by atoms with Crippen molar-refractivity contribution in [2.75, 3.05) is 26.2 Å². The zero-order chi connectivity index (χ0) is 30.6. The molecule has 1 saturated carbocycles. The van der Waals surface area contributed by atoms with Crippen molar-refractivity contribution in [1.29, 1.82) is 0 Å². The van der Waals surface area contributed by atoms with Gasteiger partial charge in [0.1, 0.15) is 5.60 Å². The van der Waals surface area contributed by atoms with Crippen molar-refractivity contribution in [3.63, 3.8) is 0 Å². The van der Waals surface area contributed by atoms with Gasteiger partial charge in [0.25, 0.3) is 0 Å². The van der Waals surface area contributed by atoms with E-state index in [1.807, 2.05) is 52.9 Å². The van der Waals surface area contributed by atoms with Crippen LogP contribution in [0.3, 0.4) is 0 Å². The van der Waals surface area contributed by atoms with Crippen LogP contribution in [0.25, 0.3) is 22.2 Å². The molecular weight excluding hydrogens is 568 g/mol. The first-order valence-electron chi connectivity index (χ1n) is 14.9. The monoisotopic (exact) mass is 608 g/mol. The molecule has 10 nitrogen and oxygen atoms in total. The summed E-state index contributed by atoms with van der Waals surface area (Å²) in [5, 5.41) is 2.57. The summed E-state index contributed by atoms with van der Waals surface area (Å²) in [6, 6.07) is 17.2. The molecule has 1 N–H and O–H groups in total. The topological polar surface area (TPSA) is 110 Å². The number of carbonyl (C=O) groups excluding carboxylic acids is 2. The van der Waals surface area contributed by atoms with Crippen LogP contribution in [0.1, 0.15) is 46.5 Å². The fourth-order valence-electron chi connectivity index (χ4n) is 6.63. The summed E-state index contributed by atoms with van der Waals surface area (Å²) < 4.78 is 36.8. The van der Waals surface area contributed by atoms with Crippen LogP contribution in [0.4, 0.5) is 4.79 Å². The Balaban J connectivity index is 0.988. The fourth-order valence-corrected chi connectivity index (χ4v) is 7.95. The molecule has 2 saturated heterocycles. The zero-order valence-electron chi connectivity index (χ0n) is 25.2. The highest BCUT2D eigenvalue weighted by atomic mass is 32.2. The van der Waals surface area contributed by atoms with Gasteiger partial charge in [-0.3, -0.25) is 4.79 Å². The number of carbonyl (C=O) groups is 2. The van der Waals surface area contributed by atoms with Crippen LogP contribution in [0.2, 0.25) is 0 Å². The molecule has 0 radical (unpaired) electrons. The third-order valence-electron chi connectivity index (χ3n) is 8.78. The van der Waals surface area contributed by atoms with E-state index in [0.717, 1.165) is 22.2 Å². The highest BCUT2D eigenvalue weighted by molar-refractivity contribution is 7.89. The van der Waals surface area contributed by atoms with Gasteiger partial charge >= 0.3 is 6.16 Å². The first-order chi connectivity index (χ1) is 20.3. The maximum atomic E-state index is 13.3. The van der Waals surface area contributed by atoms with Crippen LogP contribution in [0, 0.1) is 11.3 Å². The third kappa shape index (κ3) is 6.16. The van der Waals surface area contributed by atoms with Crippen molar-refractivity contribution >= 4 is 33.0 Å². The second-order valence-electron chi connectivity index (χ2n) is 13.4. The summed E-state index contributed by atoms with van der Waals surface area (Å²) in [4.78, 5) is 32.4. The third-order valence-corrected chi connectivity index (χ3v) is 10.3. The van der Waals surface area contributed by atoms with E-state index in [1.165, 1.54) is 0 Å². The maximum Gasteiger partial charge on any atom is 0.528 e. The van der Waals surface area contributed by atoms with Crippen molar-refractivity contribution in [3.8, 4) is 11.3 Å². The zero-order valence-corrected chi connectivity index (χ0v) is 26.0. The Bertz CT molecular complexity index is 1620. The molecule has 1 amide bonds. The lowest BCUT2D eigenvalue weighted by molar-refractivity contribution is -0.256. The van der Waals surface area contributed by atoms with Gasteiger partial charge < -0.3 is 19.0 Å². The van der Waals surface area contributed by atoms with E-state index < -0.39 is 21.8 Å². The Labute approximate surface area is 252 Å². The van der Waals surface area contributed by atoms with E-state index in [4.69, 9.17) is 9.57 Å². The van der Waals surface area contributed by atoms with Crippen molar-refractivity contribution in [1.82, 2.24) is 19.3 Å². The number of ether oxygens (including phenoxy) is 1. The van der Waals surface area contributed by atoms with Gasteiger partial charge in [0.15, 0.2) is 0 Å². The van der Waals surface area contributed by atoms with Gasteiger partial charge in [-0.1, -0.05) is 36.4 Å². The first-order valence-corrected chi connectivity index (χ1v) is 16.4. The lowest BCUT2D eigenvalue weighted by atomic mass is 9.73. The number of nitrogens with zero attached hydrogens (tertiary/aromatic N) is 3. The first kappa shape index (κ1) is 29.7. The normalized spacial score (nSPS) is 22.2. The van der Waals surface area contributed by atoms with Crippen molar-refractivity contribution < 1.29 is 27.6 Å². The van der Waals surface area contributed by atoms with Crippen LogP contribution in [-0.2, 0) is 31.4 Å². The summed E-state index contributed by atoms with van der Waals surface area (Å²) in [5.74, 6) is 0.0465. The quantitative estimate of drug-likeness (QED) is 0.404. The number of fused-ring (bicyclic) bond motifs is 1. The molecule has 11 heteroatoms. The van der Waals surface area contributed by atoms with Crippen LogP contribution in [0.15, 0.2) is 59.5 Å². The minimum absolute atomic E-state index is 0.0220. The fraction of sp³-hybridized carbons (Fsp3) is 0.500. The Morgan fingerprint density at radius 3 is 2.26 bits per heavy atom. The SMILES string of the molecule is Cn1c(-c2ccccc2)cc2ccc(S(=O)(=O)NC3CCC(C(=O)N4CC5(CN(OC(=O)OC(C)(C)C)C5)C4)CC3)cc21. The Morgan fingerprint density at radius 1 is 0.930 bits per heavy atom. The van der Waals surface area contributed by atoms with Gasteiger partial charge in [-0.2, -0.15) is 0 Å². The van der Waals surface area contributed by atoms with Crippen LogP contribution < -0.4 is 4.72 Å². The van der Waals surface area contributed by atoms with Crippen LogP contribution in [-0.4, -0.2) is 72.8 Å². The Kier molecular flexibility index (Phi) is 7.55. The summed E-state index contributed by atoms with van der Waals surface area (Å²) in [5.41, 5.74) is 2.32. The second-order valence-corrected chi connectivity index (χ2v) is 15.1. The molecule has 230 valence electrons. The largest absolute Gasteiger partial charge is 0.528 e. The Morgan fingerprint density at radius 2 is 1.60 bits per heavy atom. The van der Waals surface area contributed by atoms with Gasteiger partial charge in [-0.25, -0.2) is 17.9 Å². The molecule has 1 spiro atoms. The van der Waals surface area contributed by atoms with E-state index in [1.54, 1.807) is 38.0 Å². The van der Waals surface area contributed by atoms with Gasteiger partial charge in [0.2, 0.25) is 15.9 Å². The number of hydrogen-bond acceptors (Lipinski definition) is 7. The number of hydroxylamine groups is 2. The molecule has 1 aliphatic carbocycles. The average Bonchev–Trinajstić information content (AvgIpc) is 3.24. The smallest absolute Gasteiger partial charge is 0.427 e. The molecule has 3 fully saturated rings. The summed E-state index contributed by atoms with van der Waals surface area (Å²) in [6.07, 6.45) is 1.84.